The van der Waals surface area contributed by atoms with Gasteiger partial charge in [-0.3, -0.25) is 14.7 Å². The van der Waals surface area contributed by atoms with Crippen molar-refractivity contribution >= 4 is 16.9 Å². The summed E-state index contributed by atoms with van der Waals surface area (Å²) >= 11 is 0. The highest BCUT2D eigenvalue weighted by atomic mass is 19.1. The molecule has 1 N–H and O–H groups in total. The Morgan fingerprint density at radius 2 is 2.25 bits per heavy atom. The van der Waals surface area contributed by atoms with Crippen LogP contribution >= 0.6 is 0 Å². The van der Waals surface area contributed by atoms with Crippen LogP contribution in [0.25, 0.3) is 10.9 Å². The zero-order valence-corrected chi connectivity index (χ0v) is 11.3. The fraction of sp³-hybridized carbons (Fsp3) is 0.333. The van der Waals surface area contributed by atoms with Gasteiger partial charge in [-0.1, -0.05) is 13.0 Å². The second-order valence-electron chi connectivity index (χ2n) is 4.74. The van der Waals surface area contributed by atoms with Crippen molar-refractivity contribution in [3.8, 4) is 0 Å². The zero-order chi connectivity index (χ0) is 14.5. The number of nitrogens with zero attached hydrogens (tertiary/aromatic N) is 2. The molecule has 0 aliphatic carbocycles. The Kier molecular flexibility index (Phi) is 4.63. The Labute approximate surface area is 116 Å². The smallest absolute Gasteiger partial charge is 0.317 e. The van der Waals surface area contributed by atoms with Crippen molar-refractivity contribution in [2.75, 3.05) is 13.1 Å². The first-order chi connectivity index (χ1) is 9.60. The van der Waals surface area contributed by atoms with E-state index in [1.807, 2.05) is 6.92 Å². The van der Waals surface area contributed by atoms with E-state index in [9.17, 15) is 9.18 Å². The molecule has 1 aromatic heterocycles. The number of pyridine rings is 1. The van der Waals surface area contributed by atoms with Crippen molar-refractivity contribution in [2.24, 2.45) is 0 Å². The molecule has 0 radical (unpaired) electrons. The van der Waals surface area contributed by atoms with Gasteiger partial charge in [-0.15, -0.1) is 0 Å². The first-order valence-corrected chi connectivity index (χ1v) is 6.57. The maximum Gasteiger partial charge on any atom is 0.317 e. The summed E-state index contributed by atoms with van der Waals surface area (Å²) in [6, 6.07) is 6.43. The summed E-state index contributed by atoms with van der Waals surface area (Å²) in [6.07, 6.45) is 2.50. The van der Waals surface area contributed by atoms with Gasteiger partial charge in [0.25, 0.3) is 0 Å². The van der Waals surface area contributed by atoms with Crippen LogP contribution < -0.4 is 0 Å². The average molecular weight is 276 g/mol. The predicted molar refractivity (Wildman–Crippen MR) is 74.9 cm³/mol. The number of hydrogen-bond donors (Lipinski definition) is 1. The van der Waals surface area contributed by atoms with E-state index in [2.05, 4.69) is 4.98 Å². The van der Waals surface area contributed by atoms with Crippen LogP contribution in [0, 0.1) is 5.82 Å². The number of carboxylic acid groups (broad SMARTS) is 1. The number of hydrogen-bond acceptors (Lipinski definition) is 3. The number of aromatic nitrogens is 1. The van der Waals surface area contributed by atoms with Crippen molar-refractivity contribution in [2.45, 2.75) is 19.9 Å². The van der Waals surface area contributed by atoms with Gasteiger partial charge in [0.1, 0.15) is 5.82 Å². The molecule has 106 valence electrons. The maximum absolute atomic E-state index is 13.6. The van der Waals surface area contributed by atoms with Gasteiger partial charge < -0.3 is 5.11 Å². The summed E-state index contributed by atoms with van der Waals surface area (Å²) in [5.41, 5.74) is 1.44. The highest BCUT2D eigenvalue weighted by Gasteiger charge is 2.13. The largest absolute Gasteiger partial charge is 0.480 e. The van der Waals surface area contributed by atoms with Crippen molar-refractivity contribution in [3.05, 3.63) is 41.8 Å². The molecule has 0 bridgehead atoms. The monoisotopic (exact) mass is 276 g/mol. The van der Waals surface area contributed by atoms with Crippen LogP contribution in [0.4, 0.5) is 4.39 Å². The minimum Gasteiger partial charge on any atom is -0.480 e. The van der Waals surface area contributed by atoms with Gasteiger partial charge in [-0.2, -0.15) is 0 Å². The van der Waals surface area contributed by atoms with Gasteiger partial charge in [-0.05, 0) is 36.7 Å². The molecule has 1 aromatic carbocycles. The number of carbonyl (C=O) groups is 1. The van der Waals surface area contributed by atoms with Crippen LogP contribution in [-0.2, 0) is 11.3 Å². The highest BCUT2D eigenvalue weighted by molar-refractivity contribution is 5.81. The molecule has 0 aliphatic rings. The fourth-order valence-corrected chi connectivity index (χ4v) is 2.31. The topological polar surface area (TPSA) is 53.4 Å². The second-order valence-corrected chi connectivity index (χ2v) is 4.74. The molecule has 0 unspecified atom stereocenters. The molecule has 1 heterocycles. The predicted octanol–water partition coefficient (Wildman–Crippen LogP) is 2.67. The SMILES string of the molecule is CCCN(CC(=O)O)Cc1cc(F)cc2cccnc12. The van der Waals surface area contributed by atoms with Crippen molar-refractivity contribution in [1.82, 2.24) is 9.88 Å². The summed E-state index contributed by atoms with van der Waals surface area (Å²) in [7, 11) is 0. The minimum atomic E-state index is -0.882. The van der Waals surface area contributed by atoms with Crippen LogP contribution in [-0.4, -0.2) is 34.0 Å². The molecule has 2 rings (SSSR count). The number of fused-ring (bicyclic) bond motifs is 1. The fourth-order valence-electron chi connectivity index (χ4n) is 2.31. The molecule has 0 fully saturated rings. The third kappa shape index (κ3) is 3.51. The van der Waals surface area contributed by atoms with Crippen molar-refractivity contribution in [1.29, 1.82) is 0 Å². The summed E-state index contributed by atoms with van der Waals surface area (Å²) < 4.78 is 13.6. The van der Waals surface area contributed by atoms with Gasteiger partial charge in [-0.25, -0.2) is 4.39 Å². The molecule has 4 nitrogen and oxygen atoms in total. The number of carboxylic acids is 1. The lowest BCUT2D eigenvalue weighted by atomic mass is 10.1. The van der Waals surface area contributed by atoms with Crippen molar-refractivity contribution < 1.29 is 14.3 Å². The quantitative estimate of drug-likeness (QED) is 0.881. The van der Waals surface area contributed by atoms with E-state index in [-0.39, 0.29) is 12.4 Å². The van der Waals surface area contributed by atoms with Crippen LogP contribution in [0.5, 0.6) is 0 Å². The van der Waals surface area contributed by atoms with Crippen LogP contribution in [0.1, 0.15) is 18.9 Å². The Morgan fingerprint density at radius 3 is 2.95 bits per heavy atom. The van der Waals surface area contributed by atoms with Crippen LogP contribution in [0.15, 0.2) is 30.5 Å². The maximum atomic E-state index is 13.6. The van der Waals surface area contributed by atoms with Gasteiger partial charge in [0.05, 0.1) is 12.1 Å². The van der Waals surface area contributed by atoms with E-state index in [0.29, 0.717) is 13.1 Å². The molecule has 0 saturated heterocycles. The molecular weight excluding hydrogens is 259 g/mol. The number of aliphatic carboxylic acids is 1. The zero-order valence-electron chi connectivity index (χ0n) is 11.3. The molecule has 2 aromatic rings. The summed E-state index contributed by atoms with van der Waals surface area (Å²) in [5.74, 6) is -1.21. The van der Waals surface area contributed by atoms with E-state index in [1.54, 1.807) is 23.2 Å². The molecule has 0 amide bonds. The number of benzene rings is 1. The van der Waals surface area contributed by atoms with E-state index in [1.165, 1.54) is 12.1 Å². The average Bonchev–Trinajstić information content (AvgIpc) is 2.38. The van der Waals surface area contributed by atoms with Gasteiger partial charge in [0.15, 0.2) is 0 Å². The normalized spacial score (nSPS) is 11.2. The molecule has 0 aliphatic heterocycles. The summed E-state index contributed by atoms with van der Waals surface area (Å²) in [4.78, 5) is 16.9. The molecular formula is C15H17FN2O2. The molecule has 0 atom stereocenters. The number of halogens is 1. The van der Waals surface area contributed by atoms with Crippen LogP contribution in [0.3, 0.4) is 0 Å². The minimum absolute atomic E-state index is 0.0569. The highest BCUT2D eigenvalue weighted by Crippen LogP contribution is 2.20. The van der Waals surface area contributed by atoms with Crippen LogP contribution in [0.2, 0.25) is 0 Å². The van der Waals surface area contributed by atoms with Gasteiger partial charge in [0, 0.05) is 18.1 Å². The summed E-state index contributed by atoms with van der Waals surface area (Å²) in [5, 5.41) is 9.66. The van der Waals surface area contributed by atoms with E-state index < -0.39 is 5.97 Å². The van der Waals surface area contributed by atoms with E-state index in [4.69, 9.17) is 5.11 Å². The van der Waals surface area contributed by atoms with Gasteiger partial charge in [0.2, 0.25) is 0 Å². The van der Waals surface area contributed by atoms with E-state index in [0.717, 1.165) is 22.9 Å². The lowest BCUT2D eigenvalue weighted by molar-refractivity contribution is -0.138. The molecule has 20 heavy (non-hydrogen) atoms. The van der Waals surface area contributed by atoms with Crippen molar-refractivity contribution in [3.63, 3.8) is 0 Å². The van der Waals surface area contributed by atoms with E-state index >= 15 is 0 Å². The van der Waals surface area contributed by atoms with Gasteiger partial charge >= 0.3 is 5.97 Å². The Morgan fingerprint density at radius 1 is 1.45 bits per heavy atom. The Balaban J connectivity index is 2.33. The lowest BCUT2D eigenvalue weighted by Crippen LogP contribution is -2.30. The lowest BCUT2D eigenvalue weighted by Gasteiger charge is -2.20. The third-order valence-corrected chi connectivity index (χ3v) is 3.04. The first-order valence-electron chi connectivity index (χ1n) is 6.57. The molecule has 0 spiro atoms. The first kappa shape index (κ1) is 14.4. The summed E-state index contributed by atoms with van der Waals surface area (Å²) in [6.45, 7) is 2.96. The second kappa shape index (κ2) is 6.43. The third-order valence-electron chi connectivity index (χ3n) is 3.04. The molecule has 0 saturated carbocycles. The standard InChI is InChI=1S/C15H17FN2O2/c1-2-6-18(10-14(19)20)9-12-8-13(16)7-11-4-3-5-17-15(11)12/h3-5,7-8H,2,6,9-10H2,1H3,(H,19,20). The number of rotatable bonds is 6. The Hall–Kier alpha value is -2.01. The molecule has 5 heteroatoms. The Bertz CT molecular complexity index is 616.